The highest BCUT2D eigenvalue weighted by Crippen LogP contribution is 2.40. The van der Waals surface area contributed by atoms with Gasteiger partial charge in [-0.1, -0.05) is 18.5 Å². The van der Waals surface area contributed by atoms with Crippen molar-refractivity contribution in [3.05, 3.63) is 27.7 Å². The van der Waals surface area contributed by atoms with Crippen molar-refractivity contribution in [3.8, 4) is 0 Å². The summed E-state index contributed by atoms with van der Waals surface area (Å²) >= 11 is 7.46. The summed E-state index contributed by atoms with van der Waals surface area (Å²) in [6, 6.07) is -0.825. The number of carbonyl (C=O) groups is 4. The van der Waals surface area contributed by atoms with Crippen LogP contribution in [0.4, 0.5) is 0 Å². The number of carboxylic acids is 1. The smallest absolute Gasteiger partial charge is 0.352 e. The number of rotatable bonds is 7. The van der Waals surface area contributed by atoms with Crippen molar-refractivity contribution in [2.75, 3.05) is 12.4 Å². The molecule has 2 N–H and O–H groups in total. The van der Waals surface area contributed by atoms with E-state index in [0.29, 0.717) is 22.8 Å². The van der Waals surface area contributed by atoms with Crippen LogP contribution in [0.1, 0.15) is 25.2 Å². The molecule has 3 rings (SSSR count). The molecule has 2 aliphatic heterocycles. The number of thioether (sulfide) groups is 1. The topological polar surface area (TPSA) is 131 Å². The van der Waals surface area contributed by atoms with Gasteiger partial charge in [0.1, 0.15) is 23.7 Å². The predicted octanol–water partition coefficient (Wildman–Crippen LogP) is 1.09. The zero-order valence-electron chi connectivity index (χ0n) is 17.5. The predicted molar refractivity (Wildman–Crippen MR) is 112 cm³/mol. The van der Waals surface area contributed by atoms with E-state index in [0.717, 1.165) is 10.6 Å². The molecule has 31 heavy (non-hydrogen) atoms. The number of hydrogen-bond donors (Lipinski definition) is 2. The van der Waals surface area contributed by atoms with Crippen LogP contribution in [-0.4, -0.2) is 67.3 Å². The van der Waals surface area contributed by atoms with Gasteiger partial charge in [-0.05, 0) is 13.8 Å². The van der Waals surface area contributed by atoms with E-state index in [1.807, 2.05) is 6.92 Å². The van der Waals surface area contributed by atoms with E-state index in [2.05, 4.69) is 10.4 Å². The standard InChI is InChI=1S/C19H23ClN4O6S/c1-8(5-23-10(3)13(20)9(2)22-23)16(26)21-14-17(27)24-15(19(28)29)12(6-30-11(4)25)7-31-18(14)24/h8,14,18H,5-7H2,1-4H3,(H,21,26)(H,28,29)/t8-,14+,18+/m1/s1. The summed E-state index contributed by atoms with van der Waals surface area (Å²) < 4.78 is 6.56. The molecule has 1 aromatic rings. The highest BCUT2D eigenvalue weighted by Gasteiger charge is 2.54. The van der Waals surface area contributed by atoms with Crippen LogP contribution in [0, 0.1) is 19.8 Å². The first-order valence-electron chi connectivity index (χ1n) is 9.56. The number of aliphatic carboxylic acids is 1. The third-order valence-electron chi connectivity index (χ3n) is 5.18. The molecule has 2 amide bonds. The Balaban J connectivity index is 1.67. The monoisotopic (exact) mass is 470 g/mol. The van der Waals surface area contributed by atoms with Gasteiger partial charge < -0.3 is 15.2 Å². The second-order valence-electron chi connectivity index (χ2n) is 7.50. The van der Waals surface area contributed by atoms with Gasteiger partial charge in [0, 0.05) is 18.2 Å². The molecule has 3 heterocycles. The summed E-state index contributed by atoms with van der Waals surface area (Å²) in [5.74, 6) is -2.88. The largest absolute Gasteiger partial charge is 0.477 e. The van der Waals surface area contributed by atoms with Crippen molar-refractivity contribution in [3.63, 3.8) is 0 Å². The summed E-state index contributed by atoms with van der Waals surface area (Å²) in [6.07, 6.45) is 0. The second-order valence-corrected chi connectivity index (χ2v) is 8.98. The van der Waals surface area contributed by atoms with Crippen molar-refractivity contribution in [2.45, 2.75) is 45.7 Å². The number of aromatic nitrogens is 2. The lowest BCUT2D eigenvalue weighted by Crippen LogP contribution is -2.71. The van der Waals surface area contributed by atoms with Gasteiger partial charge >= 0.3 is 11.9 Å². The number of carbonyl (C=O) groups excluding carboxylic acids is 3. The molecule has 0 radical (unpaired) electrons. The maximum Gasteiger partial charge on any atom is 0.352 e. The highest BCUT2D eigenvalue weighted by atomic mass is 35.5. The molecule has 3 atom stereocenters. The maximum absolute atomic E-state index is 12.7. The first-order valence-corrected chi connectivity index (χ1v) is 11.0. The molecule has 2 aliphatic rings. The molecule has 10 nitrogen and oxygen atoms in total. The quantitative estimate of drug-likeness (QED) is 0.447. The molecule has 1 fully saturated rings. The van der Waals surface area contributed by atoms with Gasteiger partial charge in [-0.25, -0.2) is 4.79 Å². The fourth-order valence-electron chi connectivity index (χ4n) is 3.47. The Hall–Kier alpha value is -2.53. The molecule has 12 heteroatoms. The van der Waals surface area contributed by atoms with Gasteiger partial charge in [-0.3, -0.25) is 24.0 Å². The van der Waals surface area contributed by atoms with Crippen molar-refractivity contribution in [2.24, 2.45) is 5.92 Å². The van der Waals surface area contributed by atoms with E-state index >= 15 is 0 Å². The maximum atomic E-state index is 12.7. The Morgan fingerprint density at radius 3 is 2.61 bits per heavy atom. The molecule has 1 saturated heterocycles. The Bertz CT molecular complexity index is 990. The zero-order valence-corrected chi connectivity index (χ0v) is 19.0. The van der Waals surface area contributed by atoms with Crippen molar-refractivity contribution < 1.29 is 29.0 Å². The molecule has 0 unspecified atom stereocenters. The van der Waals surface area contributed by atoms with Gasteiger partial charge in [0.2, 0.25) is 5.91 Å². The van der Waals surface area contributed by atoms with Crippen LogP contribution in [0.15, 0.2) is 11.3 Å². The summed E-state index contributed by atoms with van der Waals surface area (Å²) in [7, 11) is 0. The number of β-lactam (4-membered cyclic amide) rings is 1. The summed E-state index contributed by atoms with van der Waals surface area (Å²) in [4.78, 5) is 49.3. The molecule has 0 bridgehead atoms. The van der Waals surface area contributed by atoms with Gasteiger partial charge in [0.25, 0.3) is 5.91 Å². The number of hydrogen-bond acceptors (Lipinski definition) is 7. The first-order chi connectivity index (χ1) is 14.5. The number of fused-ring (bicyclic) bond motifs is 1. The Labute approximate surface area is 187 Å². The minimum Gasteiger partial charge on any atom is -0.477 e. The minimum atomic E-state index is -1.28. The lowest BCUT2D eigenvalue weighted by Gasteiger charge is -2.49. The van der Waals surface area contributed by atoms with Crippen LogP contribution < -0.4 is 5.32 Å². The van der Waals surface area contributed by atoms with Crippen molar-refractivity contribution in [1.29, 1.82) is 0 Å². The molecule has 1 aromatic heterocycles. The van der Waals surface area contributed by atoms with E-state index < -0.39 is 35.2 Å². The first kappa shape index (κ1) is 23.1. The number of amides is 2. The fraction of sp³-hybridized carbons (Fsp3) is 0.526. The third kappa shape index (κ3) is 4.42. The van der Waals surface area contributed by atoms with Crippen molar-refractivity contribution in [1.82, 2.24) is 20.0 Å². The van der Waals surface area contributed by atoms with Gasteiger partial charge in [-0.15, -0.1) is 11.8 Å². The van der Waals surface area contributed by atoms with Crippen LogP contribution in [-0.2, 0) is 30.5 Å². The van der Waals surface area contributed by atoms with Crippen LogP contribution in [0.25, 0.3) is 0 Å². The number of carboxylic acid groups (broad SMARTS) is 1. The molecular formula is C19H23ClN4O6S. The lowest BCUT2D eigenvalue weighted by atomic mass is 10.0. The molecule has 0 aliphatic carbocycles. The molecule has 0 spiro atoms. The zero-order chi connectivity index (χ0) is 23.0. The molecule has 0 saturated carbocycles. The van der Waals surface area contributed by atoms with E-state index in [4.69, 9.17) is 16.3 Å². The van der Waals surface area contributed by atoms with E-state index in [-0.39, 0.29) is 24.0 Å². The summed E-state index contributed by atoms with van der Waals surface area (Å²) in [6.45, 7) is 6.63. The second kappa shape index (κ2) is 8.91. The van der Waals surface area contributed by atoms with Crippen molar-refractivity contribution >= 4 is 47.1 Å². The van der Waals surface area contributed by atoms with Gasteiger partial charge in [-0.2, -0.15) is 5.10 Å². The average Bonchev–Trinajstić information content (AvgIpc) is 2.95. The Morgan fingerprint density at radius 1 is 1.39 bits per heavy atom. The van der Waals surface area contributed by atoms with Crippen LogP contribution in [0.3, 0.4) is 0 Å². The molecular weight excluding hydrogens is 448 g/mol. The van der Waals surface area contributed by atoms with Crippen LogP contribution >= 0.6 is 23.4 Å². The SMILES string of the molecule is CC(=O)OCC1=C(C(=O)O)N2C(=O)[C@H](NC(=O)[C@H](C)Cn3nc(C)c(Cl)c3C)[C@@H]2SC1. The normalized spacial score (nSPS) is 21.3. The summed E-state index contributed by atoms with van der Waals surface area (Å²) in [5, 5.41) is 16.6. The minimum absolute atomic E-state index is 0.189. The molecule has 0 aromatic carbocycles. The number of halogens is 1. The van der Waals surface area contributed by atoms with Crippen LogP contribution in [0.5, 0.6) is 0 Å². The van der Waals surface area contributed by atoms with E-state index in [9.17, 15) is 24.3 Å². The number of nitrogens with zero attached hydrogens (tertiary/aromatic N) is 3. The number of esters is 1. The number of aryl methyl sites for hydroxylation is 1. The molecule has 168 valence electrons. The van der Waals surface area contributed by atoms with E-state index in [1.165, 1.54) is 18.7 Å². The third-order valence-corrected chi connectivity index (χ3v) is 7.07. The number of nitrogens with one attached hydrogen (secondary N) is 1. The van der Waals surface area contributed by atoms with E-state index in [1.54, 1.807) is 18.5 Å². The Kier molecular flexibility index (Phi) is 6.65. The van der Waals surface area contributed by atoms with Gasteiger partial charge in [0.15, 0.2) is 0 Å². The van der Waals surface area contributed by atoms with Gasteiger partial charge in [0.05, 0.1) is 28.9 Å². The fourth-order valence-corrected chi connectivity index (χ4v) is 4.94. The Morgan fingerprint density at radius 2 is 2.06 bits per heavy atom. The average molecular weight is 471 g/mol. The number of ether oxygens (including phenoxy) is 1. The van der Waals surface area contributed by atoms with Crippen LogP contribution in [0.2, 0.25) is 5.02 Å². The summed E-state index contributed by atoms with van der Waals surface area (Å²) in [5.41, 5.74) is 1.58. The highest BCUT2D eigenvalue weighted by molar-refractivity contribution is 8.00. The lowest BCUT2D eigenvalue weighted by molar-refractivity contribution is -0.151.